The Morgan fingerprint density at radius 1 is 0.735 bits per heavy atom. The molecule has 0 saturated carbocycles. The summed E-state index contributed by atoms with van der Waals surface area (Å²) in [6, 6.07) is 11.0. The molecule has 172 valence electrons. The number of hydrogen-bond acceptors (Lipinski definition) is 9. The van der Waals surface area contributed by atoms with Gasteiger partial charge in [-0.1, -0.05) is 0 Å². The lowest BCUT2D eigenvalue weighted by atomic mass is 9.88. The molecule has 4 rings (SSSR count). The lowest BCUT2D eigenvalue weighted by Gasteiger charge is -2.19. The van der Waals surface area contributed by atoms with Gasteiger partial charge in [0.25, 0.3) is 0 Å². The Hall–Kier alpha value is -4.66. The highest BCUT2D eigenvalue weighted by atomic mass is 16.5. The Bertz CT molecular complexity index is 1500. The molecule has 0 atom stereocenters. The van der Waals surface area contributed by atoms with E-state index < -0.39 is 17.9 Å². The number of aromatic hydroxyl groups is 1. The molecule has 0 unspecified atom stereocenters. The van der Waals surface area contributed by atoms with Crippen molar-refractivity contribution in [3.63, 3.8) is 0 Å². The normalized spacial score (nSPS) is 10.8. The molecule has 0 aromatic heterocycles. The Morgan fingerprint density at radius 2 is 1.35 bits per heavy atom. The van der Waals surface area contributed by atoms with Crippen LogP contribution in [0.3, 0.4) is 0 Å². The largest absolute Gasteiger partial charge is 0.508 e. The van der Waals surface area contributed by atoms with Crippen LogP contribution in [0.1, 0.15) is 31.1 Å². The molecule has 1 aliphatic heterocycles. The molecule has 2 aliphatic rings. The number of methoxy groups -OCH3 is 3. The van der Waals surface area contributed by atoms with E-state index in [4.69, 9.17) is 18.6 Å². The second-order valence-corrected chi connectivity index (χ2v) is 7.23. The maximum absolute atomic E-state index is 12.8. The van der Waals surface area contributed by atoms with Crippen LogP contribution in [0.4, 0.5) is 0 Å². The summed E-state index contributed by atoms with van der Waals surface area (Å²) in [4.78, 5) is 49.8. The first-order chi connectivity index (χ1) is 16.3. The Balaban J connectivity index is 2.22. The van der Waals surface area contributed by atoms with E-state index in [0.717, 1.165) is 14.2 Å². The molecule has 2 aromatic carbocycles. The van der Waals surface area contributed by atoms with Crippen molar-refractivity contribution in [2.75, 3.05) is 21.3 Å². The number of rotatable bonds is 4. The van der Waals surface area contributed by atoms with Gasteiger partial charge in [-0.3, -0.25) is 4.79 Å². The predicted octanol–water partition coefficient (Wildman–Crippen LogP) is 3.63. The van der Waals surface area contributed by atoms with Gasteiger partial charge in [0.2, 0.25) is 0 Å². The number of phenolic OH excluding ortho intramolecular Hbond substituents is 1. The predicted molar refractivity (Wildman–Crippen MR) is 120 cm³/mol. The van der Waals surface area contributed by atoms with E-state index in [1.54, 1.807) is 6.07 Å². The SMILES string of the molecule is COC(=O)c1cc(C(=O)OC)c(-c2c3ccc(=O)cc-3oc3cc(O)ccc23)cc1C(=O)OC. The van der Waals surface area contributed by atoms with E-state index in [0.29, 0.717) is 16.5 Å². The number of carbonyl (C=O) groups is 3. The van der Waals surface area contributed by atoms with Gasteiger partial charge in [0, 0.05) is 28.6 Å². The molecular formula is C25H18O9. The summed E-state index contributed by atoms with van der Waals surface area (Å²) < 4.78 is 20.4. The van der Waals surface area contributed by atoms with Gasteiger partial charge in [0.05, 0.1) is 38.0 Å². The lowest BCUT2D eigenvalue weighted by Crippen LogP contribution is -2.15. The molecular weight excluding hydrogens is 444 g/mol. The van der Waals surface area contributed by atoms with Crippen LogP contribution < -0.4 is 5.43 Å². The fraction of sp³-hybridized carbons (Fsp3) is 0.120. The topological polar surface area (TPSA) is 129 Å². The lowest BCUT2D eigenvalue weighted by molar-refractivity contribution is 0.0553. The van der Waals surface area contributed by atoms with Crippen LogP contribution in [0.15, 0.2) is 57.7 Å². The number of benzene rings is 3. The monoisotopic (exact) mass is 462 g/mol. The number of fused-ring (bicyclic) bond motifs is 2. The molecule has 2 aromatic rings. The zero-order valence-corrected chi connectivity index (χ0v) is 18.3. The van der Waals surface area contributed by atoms with Crippen LogP contribution in [-0.2, 0) is 14.2 Å². The van der Waals surface area contributed by atoms with Gasteiger partial charge in [-0.2, -0.15) is 0 Å². The van der Waals surface area contributed by atoms with E-state index in [-0.39, 0.29) is 44.8 Å². The van der Waals surface area contributed by atoms with Crippen molar-refractivity contribution in [2.45, 2.75) is 0 Å². The van der Waals surface area contributed by atoms with Crippen LogP contribution in [0, 0.1) is 0 Å². The third kappa shape index (κ3) is 3.73. The smallest absolute Gasteiger partial charge is 0.338 e. The van der Waals surface area contributed by atoms with Gasteiger partial charge < -0.3 is 23.7 Å². The zero-order chi connectivity index (χ0) is 24.6. The van der Waals surface area contributed by atoms with Crippen molar-refractivity contribution in [3.8, 4) is 28.2 Å². The molecule has 9 nitrogen and oxygen atoms in total. The van der Waals surface area contributed by atoms with Crippen molar-refractivity contribution in [1.82, 2.24) is 0 Å². The molecule has 1 aliphatic carbocycles. The minimum Gasteiger partial charge on any atom is -0.508 e. The van der Waals surface area contributed by atoms with Gasteiger partial charge in [-0.15, -0.1) is 0 Å². The molecule has 0 fully saturated rings. The average molecular weight is 462 g/mol. The standard InChI is InChI=1S/C25H18O9/c1-31-23(28)17-11-19(25(30)33-3)18(24(29)32-2)10-16(17)22-14-6-4-12(26)8-20(14)34-21-9-13(27)5-7-15(21)22/h4-11,26H,1-3H3. The van der Waals surface area contributed by atoms with Crippen LogP contribution in [0.5, 0.6) is 5.75 Å². The van der Waals surface area contributed by atoms with Crippen LogP contribution in [0.2, 0.25) is 0 Å². The van der Waals surface area contributed by atoms with Gasteiger partial charge in [0.1, 0.15) is 17.1 Å². The quantitative estimate of drug-likeness (QED) is 0.274. The molecule has 0 spiro atoms. The highest BCUT2D eigenvalue weighted by Gasteiger charge is 2.28. The minimum atomic E-state index is -0.851. The summed E-state index contributed by atoms with van der Waals surface area (Å²) >= 11 is 0. The Morgan fingerprint density at radius 3 is 2.00 bits per heavy atom. The van der Waals surface area contributed by atoms with Crippen LogP contribution in [-0.4, -0.2) is 44.3 Å². The minimum absolute atomic E-state index is 0.0383. The number of hydrogen-bond donors (Lipinski definition) is 1. The zero-order valence-electron chi connectivity index (χ0n) is 18.3. The van der Waals surface area contributed by atoms with Gasteiger partial charge >= 0.3 is 17.9 Å². The molecule has 34 heavy (non-hydrogen) atoms. The van der Waals surface area contributed by atoms with E-state index in [2.05, 4.69) is 0 Å². The highest BCUT2D eigenvalue weighted by Crippen LogP contribution is 2.42. The highest BCUT2D eigenvalue weighted by molar-refractivity contribution is 6.12. The molecule has 0 saturated heterocycles. The second-order valence-electron chi connectivity index (χ2n) is 7.23. The molecule has 0 amide bonds. The summed E-state index contributed by atoms with van der Waals surface area (Å²) in [5, 5.41) is 10.4. The molecule has 0 radical (unpaired) electrons. The average Bonchev–Trinajstić information content (AvgIpc) is 2.84. The second kappa shape index (κ2) is 8.70. The summed E-state index contributed by atoms with van der Waals surface area (Å²) in [5.74, 6) is -2.35. The third-order valence-corrected chi connectivity index (χ3v) is 5.32. The van der Waals surface area contributed by atoms with E-state index in [9.17, 15) is 24.3 Å². The van der Waals surface area contributed by atoms with E-state index in [1.807, 2.05) is 0 Å². The van der Waals surface area contributed by atoms with Crippen LogP contribution in [0.25, 0.3) is 33.4 Å². The number of esters is 3. The fourth-order valence-corrected chi connectivity index (χ4v) is 3.79. The fourth-order valence-electron chi connectivity index (χ4n) is 3.79. The van der Waals surface area contributed by atoms with Gasteiger partial charge in [0.15, 0.2) is 5.43 Å². The summed E-state index contributed by atoms with van der Waals surface area (Å²) in [7, 11) is 3.47. The van der Waals surface area contributed by atoms with Gasteiger partial charge in [-0.05, 0) is 42.0 Å². The molecule has 9 heteroatoms. The summed E-state index contributed by atoms with van der Waals surface area (Å²) in [6.45, 7) is 0. The Labute approximate surface area is 192 Å². The number of ether oxygens (including phenoxy) is 3. The molecule has 0 bridgehead atoms. The van der Waals surface area contributed by atoms with Crippen molar-refractivity contribution >= 4 is 28.9 Å². The Kier molecular flexibility index (Phi) is 5.77. The number of carbonyl (C=O) groups excluding carboxylic acids is 3. The summed E-state index contributed by atoms with van der Waals surface area (Å²) in [5.41, 5.74) is 0.624. The molecule has 1 N–H and O–H groups in total. The molecule has 1 heterocycles. The first kappa shape index (κ1) is 22.5. The summed E-state index contributed by atoms with van der Waals surface area (Å²) in [6.07, 6.45) is 0. The van der Waals surface area contributed by atoms with Crippen molar-refractivity contribution in [3.05, 3.63) is 75.4 Å². The third-order valence-electron chi connectivity index (χ3n) is 5.32. The first-order valence-corrected chi connectivity index (χ1v) is 9.92. The van der Waals surface area contributed by atoms with E-state index >= 15 is 0 Å². The van der Waals surface area contributed by atoms with E-state index in [1.165, 1.54) is 49.6 Å². The van der Waals surface area contributed by atoms with Crippen molar-refractivity contribution in [1.29, 1.82) is 0 Å². The maximum atomic E-state index is 12.8. The van der Waals surface area contributed by atoms with Crippen molar-refractivity contribution < 1.29 is 38.1 Å². The van der Waals surface area contributed by atoms with Crippen LogP contribution >= 0.6 is 0 Å². The maximum Gasteiger partial charge on any atom is 0.338 e. The number of phenols is 1. The first-order valence-electron chi connectivity index (χ1n) is 9.92. The van der Waals surface area contributed by atoms with Crippen molar-refractivity contribution in [2.24, 2.45) is 0 Å². The van der Waals surface area contributed by atoms with Gasteiger partial charge in [-0.25, -0.2) is 14.4 Å².